The first kappa shape index (κ1) is 12.9. The topological polar surface area (TPSA) is 16.1 Å². The minimum Gasteiger partial charge on any atom is -0.321 e. The molecule has 2 heterocycles. The Hall–Kier alpha value is -2.61. The molecule has 3 aromatic rings. The third kappa shape index (κ3) is 1.98. The fourth-order valence-corrected chi connectivity index (χ4v) is 3.85. The van der Waals surface area contributed by atoms with Gasteiger partial charge in [0.05, 0.1) is 6.54 Å². The molecule has 2 aromatic carbocycles. The van der Waals surface area contributed by atoms with Crippen molar-refractivity contribution in [3.05, 3.63) is 77.5 Å². The summed E-state index contributed by atoms with van der Waals surface area (Å²) < 4.78 is 0. The van der Waals surface area contributed by atoms with Crippen molar-refractivity contribution in [1.29, 1.82) is 0 Å². The lowest BCUT2D eigenvalue weighted by Gasteiger charge is -2.32. The summed E-state index contributed by atoms with van der Waals surface area (Å²) in [6.45, 7) is 0.888. The normalized spacial score (nSPS) is 15.0. The van der Waals surface area contributed by atoms with Crippen LogP contribution in [-0.4, -0.2) is 4.98 Å². The lowest BCUT2D eigenvalue weighted by atomic mass is 9.94. The summed E-state index contributed by atoms with van der Waals surface area (Å²) in [5.41, 5.74) is 7.96. The number of rotatable bonds is 1. The van der Waals surface area contributed by atoms with E-state index >= 15 is 0 Å². The predicted octanol–water partition coefficient (Wildman–Crippen LogP) is 4.89. The first-order valence-electron chi connectivity index (χ1n) is 8.34. The second-order valence-corrected chi connectivity index (χ2v) is 6.40. The van der Waals surface area contributed by atoms with Gasteiger partial charge in [-0.25, -0.2) is 4.98 Å². The number of anilines is 2. The molecule has 5 rings (SSSR count). The minimum atomic E-state index is 0.888. The first-order valence-corrected chi connectivity index (χ1v) is 8.34. The van der Waals surface area contributed by atoms with Crippen LogP contribution < -0.4 is 4.90 Å². The number of hydrogen-bond donors (Lipinski definition) is 0. The summed E-state index contributed by atoms with van der Waals surface area (Å²) >= 11 is 0. The van der Waals surface area contributed by atoms with Crippen LogP contribution in [-0.2, 0) is 19.4 Å². The number of nitrogens with zero attached hydrogens (tertiary/aromatic N) is 2. The monoisotopic (exact) mass is 298 g/mol. The van der Waals surface area contributed by atoms with Crippen molar-refractivity contribution in [2.45, 2.75) is 25.8 Å². The van der Waals surface area contributed by atoms with Crippen molar-refractivity contribution in [2.75, 3.05) is 4.90 Å². The number of hydrogen-bond acceptors (Lipinski definition) is 2. The molecule has 0 saturated carbocycles. The Morgan fingerprint density at radius 3 is 2.52 bits per heavy atom. The molecule has 2 aliphatic rings. The van der Waals surface area contributed by atoms with E-state index in [4.69, 9.17) is 4.98 Å². The summed E-state index contributed by atoms with van der Waals surface area (Å²) in [6, 6.07) is 21.7. The van der Waals surface area contributed by atoms with E-state index in [0.29, 0.717) is 0 Å². The Kier molecular flexibility index (Phi) is 2.77. The van der Waals surface area contributed by atoms with Gasteiger partial charge < -0.3 is 4.90 Å². The zero-order chi connectivity index (χ0) is 15.2. The molecule has 1 aliphatic heterocycles. The lowest BCUT2D eigenvalue weighted by molar-refractivity contribution is 0.888. The van der Waals surface area contributed by atoms with E-state index in [1.54, 1.807) is 0 Å². The average Bonchev–Trinajstić information content (AvgIpc) is 3.07. The largest absolute Gasteiger partial charge is 0.321 e. The van der Waals surface area contributed by atoms with Crippen LogP contribution in [0.15, 0.2) is 60.7 Å². The van der Waals surface area contributed by atoms with E-state index in [9.17, 15) is 0 Å². The molecule has 112 valence electrons. The molecular weight excluding hydrogens is 280 g/mol. The minimum absolute atomic E-state index is 0.888. The molecule has 2 nitrogen and oxygen atoms in total. The summed E-state index contributed by atoms with van der Waals surface area (Å²) in [6.07, 6.45) is 3.52. The Bertz CT molecular complexity index is 884. The van der Waals surface area contributed by atoms with Crippen molar-refractivity contribution in [1.82, 2.24) is 4.98 Å². The maximum atomic E-state index is 5.08. The number of fused-ring (bicyclic) bond motifs is 4. The smallest absolute Gasteiger partial charge is 0.141 e. The van der Waals surface area contributed by atoms with Crippen LogP contribution in [0.3, 0.4) is 0 Å². The van der Waals surface area contributed by atoms with E-state index in [1.807, 2.05) is 0 Å². The van der Waals surface area contributed by atoms with Gasteiger partial charge in [-0.1, -0.05) is 42.5 Å². The average molecular weight is 298 g/mol. The number of aryl methyl sites for hydroxylation is 2. The van der Waals surface area contributed by atoms with Gasteiger partial charge in [0.1, 0.15) is 5.82 Å². The molecule has 0 fully saturated rings. The van der Waals surface area contributed by atoms with Crippen LogP contribution in [0.4, 0.5) is 11.5 Å². The van der Waals surface area contributed by atoms with Crippen LogP contribution in [0.2, 0.25) is 0 Å². The quantitative estimate of drug-likeness (QED) is 0.636. The SMILES string of the molecule is c1ccc(N2Cc3ccccc3-c3cc4c(nc32)CCC4)cc1. The molecule has 2 heteroatoms. The van der Waals surface area contributed by atoms with Gasteiger partial charge in [0.25, 0.3) is 0 Å². The van der Waals surface area contributed by atoms with Gasteiger partial charge in [0, 0.05) is 16.9 Å². The van der Waals surface area contributed by atoms with Crippen molar-refractivity contribution < 1.29 is 0 Å². The molecule has 0 atom stereocenters. The highest BCUT2D eigenvalue weighted by atomic mass is 15.2. The molecule has 0 saturated heterocycles. The molecule has 23 heavy (non-hydrogen) atoms. The summed E-state index contributed by atoms with van der Waals surface area (Å²) in [5.74, 6) is 1.12. The van der Waals surface area contributed by atoms with Gasteiger partial charge >= 0.3 is 0 Å². The van der Waals surface area contributed by atoms with Crippen LogP contribution in [0.1, 0.15) is 23.2 Å². The van der Waals surface area contributed by atoms with Crippen molar-refractivity contribution >= 4 is 11.5 Å². The zero-order valence-corrected chi connectivity index (χ0v) is 13.0. The Morgan fingerprint density at radius 2 is 1.61 bits per heavy atom. The van der Waals surface area contributed by atoms with Crippen molar-refractivity contribution in [2.24, 2.45) is 0 Å². The van der Waals surface area contributed by atoms with E-state index in [1.165, 1.54) is 46.5 Å². The van der Waals surface area contributed by atoms with Crippen LogP contribution in [0, 0.1) is 0 Å². The maximum absolute atomic E-state index is 5.08. The van der Waals surface area contributed by atoms with Crippen molar-refractivity contribution in [3.63, 3.8) is 0 Å². The number of para-hydroxylation sites is 1. The number of aromatic nitrogens is 1. The Labute approximate surface area is 136 Å². The van der Waals surface area contributed by atoms with Crippen LogP contribution in [0.5, 0.6) is 0 Å². The molecule has 0 bridgehead atoms. The molecule has 0 radical (unpaired) electrons. The Balaban J connectivity index is 1.76. The fourth-order valence-electron chi connectivity index (χ4n) is 3.85. The fraction of sp³-hybridized carbons (Fsp3) is 0.190. The Morgan fingerprint density at radius 1 is 0.783 bits per heavy atom. The molecule has 0 amide bonds. The van der Waals surface area contributed by atoms with Gasteiger partial charge in [-0.15, -0.1) is 0 Å². The van der Waals surface area contributed by atoms with E-state index in [2.05, 4.69) is 65.6 Å². The van der Waals surface area contributed by atoms with Crippen molar-refractivity contribution in [3.8, 4) is 11.1 Å². The van der Waals surface area contributed by atoms with E-state index in [-0.39, 0.29) is 0 Å². The highest BCUT2D eigenvalue weighted by Gasteiger charge is 2.27. The molecule has 0 N–H and O–H groups in total. The first-order chi connectivity index (χ1) is 11.4. The van der Waals surface area contributed by atoms with Gasteiger partial charge in [0.2, 0.25) is 0 Å². The molecule has 1 aromatic heterocycles. The summed E-state index contributed by atoms with van der Waals surface area (Å²) in [4.78, 5) is 7.43. The highest BCUT2D eigenvalue weighted by molar-refractivity contribution is 5.85. The van der Waals surface area contributed by atoms with Gasteiger partial charge in [-0.2, -0.15) is 0 Å². The van der Waals surface area contributed by atoms with Crippen LogP contribution >= 0.6 is 0 Å². The second kappa shape index (κ2) is 4.95. The zero-order valence-electron chi connectivity index (χ0n) is 13.0. The second-order valence-electron chi connectivity index (χ2n) is 6.40. The highest BCUT2D eigenvalue weighted by Crippen LogP contribution is 2.43. The van der Waals surface area contributed by atoms with Gasteiger partial charge in [-0.3, -0.25) is 0 Å². The van der Waals surface area contributed by atoms with Gasteiger partial charge in [-0.05, 0) is 54.2 Å². The van der Waals surface area contributed by atoms with E-state index < -0.39 is 0 Å². The maximum Gasteiger partial charge on any atom is 0.141 e. The predicted molar refractivity (Wildman–Crippen MR) is 94.0 cm³/mol. The van der Waals surface area contributed by atoms with E-state index in [0.717, 1.165) is 18.8 Å². The molecular formula is C21H18N2. The molecule has 0 spiro atoms. The van der Waals surface area contributed by atoms with Crippen LogP contribution in [0.25, 0.3) is 11.1 Å². The lowest BCUT2D eigenvalue weighted by Crippen LogP contribution is -2.23. The van der Waals surface area contributed by atoms with Gasteiger partial charge in [0.15, 0.2) is 0 Å². The summed E-state index contributed by atoms with van der Waals surface area (Å²) in [5, 5.41) is 0. The number of pyridine rings is 1. The summed E-state index contributed by atoms with van der Waals surface area (Å²) in [7, 11) is 0. The molecule has 0 unspecified atom stereocenters. The standard InChI is InChI=1S/C21H18N2/c1-2-9-17(10-3-1)23-14-16-7-4-5-11-18(16)19-13-15-8-6-12-20(15)22-21(19)23/h1-5,7,9-11,13H,6,8,12,14H2. The molecule has 1 aliphatic carbocycles. The third-order valence-electron chi connectivity index (χ3n) is 4.99. The number of benzene rings is 2. The third-order valence-corrected chi connectivity index (χ3v) is 4.99.